The van der Waals surface area contributed by atoms with Crippen LogP contribution in [-0.2, 0) is 11.8 Å². The summed E-state index contributed by atoms with van der Waals surface area (Å²) in [5, 5.41) is 10.8. The summed E-state index contributed by atoms with van der Waals surface area (Å²) in [7, 11) is 3.12. The second-order valence-corrected chi connectivity index (χ2v) is 6.35. The van der Waals surface area contributed by atoms with E-state index in [4.69, 9.17) is 17.7 Å². The maximum atomic E-state index is 10.8. The van der Waals surface area contributed by atoms with Crippen molar-refractivity contribution in [3.8, 4) is 11.5 Å². The summed E-state index contributed by atoms with van der Waals surface area (Å²) in [5.41, 5.74) is -0.876. The molecule has 5 rings (SSSR count). The lowest BCUT2D eigenvalue weighted by Gasteiger charge is -2.56. The fourth-order valence-electron chi connectivity index (χ4n) is 4.47. The molecule has 1 aromatic carbocycles. The molecule has 1 aromatic rings. The molecule has 4 nitrogen and oxygen atoms in total. The van der Waals surface area contributed by atoms with Gasteiger partial charge in [0, 0.05) is 25.7 Å². The quantitative estimate of drug-likeness (QED) is 0.799. The smallest absolute Gasteiger partial charge is 0.165 e. The fraction of sp³-hybridized carbons (Fsp3) is 0.556. The van der Waals surface area contributed by atoms with Crippen molar-refractivity contribution in [3.05, 3.63) is 35.4 Å². The van der Waals surface area contributed by atoms with Crippen molar-refractivity contribution < 1.29 is 22.8 Å². The van der Waals surface area contributed by atoms with Crippen molar-refractivity contribution in [2.45, 2.75) is 36.4 Å². The predicted molar refractivity (Wildman–Crippen MR) is 82.5 cm³/mol. The molecule has 0 aromatic heterocycles. The van der Waals surface area contributed by atoms with Crippen molar-refractivity contribution in [2.24, 2.45) is 5.92 Å². The molecule has 1 saturated heterocycles. The van der Waals surface area contributed by atoms with Crippen molar-refractivity contribution in [1.29, 1.82) is 0 Å². The zero-order valence-corrected chi connectivity index (χ0v) is 12.4. The molecule has 22 heavy (non-hydrogen) atoms. The molecule has 4 heteroatoms. The zero-order valence-electron chi connectivity index (χ0n) is 18.4. The number of nitrogens with zero attached hydrogens (tertiary/aromatic N) is 1. The number of methoxy groups -OCH3 is 1. The Hall–Kier alpha value is -1.52. The summed E-state index contributed by atoms with van der Waals surface area (Å²) < 4.78 is 63.5. The molecular weight excluding hydrogens is 278 g/mol. The number of rotatable bonds is 1. The Balaban J connectivity index is 2.00. The monoisotopic (exact) mass is 305 g/mol. The van der Waals surface area contributed by atoms with E-state index >= 15 is 0 Å². The molecule has 0 radical (unpaired) electrons. The third-order valence-corrected chi connectivity index (χ3v) is 5.47. The average molecular weight is 305 g/mol. The van der Waals surface area contributed by atoms with Gasteiger partial charge in [0.25, 0.3) is 0 Å². The molecule has 5 atom stereocenters. The summed E-state index contributed by atoms with van der Waals surface area (Å²) in [6.45, 7) is 0.450. The highest BCUT2D eigenvalue weighted by Crippen LogP contribution is 2.62. The molecule has 0 saturated carbocycles. The van der Waals surface area contributed by atoms with Crippen LogP contribution in [0.5, 0.6) is 11.5 Å². The normalized spacial score (nSPS) is 54.0. The van der Waals surface area contributed by atoms with Crippen LogP contribution in [0.2, 0.25) is 0 Å². The maximum absolute atomic E-state index is 10.8. The molecule has 116 valence electrons. The Morgan fingerprint density at radius 3 is 3.23 bits per heavy atom. The highest BCUT2D eigenvalue weighted by atomic mass is 16.5. The minimum atomic E-state index is -2.38. The van der Waals surface area contributed by atoms with Crippen LogP contribution in [0.15, 0.2) is 24.2 Å². The van der Waals surface area contributed by atoms with E-state index in [0.717, 1.165) is 0 Å². The zero-order chi connectivity index (χ0) is 20.4. The number of hydrogen-bond acceptors (Lipinski definition) is 4. The first-order valence-corrected chi connectivity index (χ1v) is 7.49. The first kappa shape index (κ1) is 8.37. The van der Waals surface area contributed by atoms with E-state index in [9.17, 15) is 5.11 Å². The molecule has 2 heterocycles. The van der Waals surface area contributed by atoms with Gasteiger partial charge in [-0.3, -0.25) is 0 Å². The van der Waals surface area contributed by atoms with Crippen molar-refractivity contribution >= 4 is 0 Å². The minimum Gasteiger partial charge on any atom is -0.493 e. The third kappa shape index (κ3) is 1.28. The molecule has 1 N–H and O–H groups in total. The predicted octanol–water partition coefficient (Wildman–Crippen LogP) is 1.50. The van der Waals surface area contributed by atoms with Crippen LogP contribution in [0.4, 0.5) is 0 Å². The molecule has 1 spiro atoms. The van der Waals surface area contributed by atoms with Crippen molar-refractivity contribution in [2.75, 3.05) is 20.7 Å². The molecular formula is C18H21NO3. The molecule has 2 bridgehead atoms. The number of likely N-dealkylation sites (N-methyl/N-ethyl adjacent to an activating group) is 1. The van der Waals surface area contributed by atoms with E-state index in [1.165, 1.54) is 13.2 Å². The highest BCUT2D eigenvalue weighted by molar-refractivity contribution is 5.62. The fourth-order valence-corrected chi connectivity index (χ4v) is 4.47. The van der Waals surface area contributed by atoms with Crippen LogP contribution < -0.4 is 9.47 Å². The Labute approximate surface area is 138 Å². The van der Waals surface area contributed by atoms with E-state index in [2.05, 4.69) is 0 Å². The number of benzene rings is 1. The summed E-state index contributed by atoms with van der Waals surface area (Å²) >= 11 is 0. The van der Waals surface area contributed by atoms with Gasteiger partial charge in [0.15, 0.2) is 11.5 Å². The first-order chi connectivity index (χ1) is 13.0. The van der Waals surface area contributed by atoms with Gasteiger partial charge < -0.3 is 19.5 Å². The molecule has 0 amide bonds. The van der Waals surface area contributed by atoms with Gasteiger partial charge in [0.2, 0.25) is 0 Å². The molecule has 1 fully saturated rings. The molecule has 2 aliphatic carbocycles. The Morgan fingerprint density at radius 1 is 1.55 bits per heavy atom. The van der Waals surface area contributed by atoms with Gasteiger partial charge in [-0.2, -0.15) is 0 Å². The van der Waals surface area contributed by atoms with E-state index in [1.807, 2.05) is 4.90 Å². The van der Waals surface area contributed by atoms with Gasteiger partial charge in [0.05, 0.1) is 12.6 Å². The van der Waals surface area contributed by atoms with Crippen LogP contribution in [0.25, 0.3) is 0 Å². The van der Waals surface area contributed by atoms with Crippen molar-refractivity contribution in [1.82, 2.24) is 4.90 Å². The summed E-state index contributed by atoms with van der Waals surface area (Å²) in [6.07, 6.45) is -3.31. The van der Waals surface area contributed by atoms with E-state index in [-0.39, 0.29) is 29.1 Å². The van der Waals surface area contributed by atoms with E-state index in [1.54, 1.807) is 13.1 Å². The lowest BCUT2D eigenvalue weighted by molar-refractivity contribution is -0.0453. The minimum absolute atomic E-state index is 0.0137. The van der Waals surface area contributed by atoms with Crippen LogP contribution in [0.3, 0.4) is 0 Å². The standard InChI is InChI=1S/C18H21NO3/c1-19-8-7-18-11-4-5-13(20)17(18)22-16-14(21-2)6-3-10(15(16)18)9-12(11)19/h3-6,11-13,17,20H,7-9H2,1-2H3/t11-,12+,13?,17?,18-/m0/s1/i3D,6D,9D2,13D,17D. The van der Waals surface area contributed by atoms with Crippen LogP contribution in [-0.4, -0.2) is 48.9 Å². The maximum Gasteiger partial charge on any atom is 0.165 e. The second-order valence-electron chi connectivity index (χ2n) is 6.35. The third-order valence-electron chi connectivity index (χ3n) is 5.47. The Bertz CT molecular complexity index is 950. The van der Waals surface area contributed by atoms with Crippen molar-refractivity contribution in [3.63, 3.8) is 0 Å². The molecule has 2 aliphatic heterocycles. The SMILES string of the molecule is [2H]c1c([2H])c2c3c(c1OC)OC1([2H])C([2H])(O)C=C[C@H]4[C@H](N(C)CC[C@@]341)C2([2H])[2H]. The number of hydrogen-bond donors (Lipinski definition) is 1. The first-order valence-electron chi connectivity index (χ1n) is 10.5. The molecule has 2 unspecified atom stereocenters. The lowest BCUT2D eigenvalue weighted by Crippen LogP contribution is -2.64. The van der Waals surface area contributed by atoms with Gasteiger partial charge in [-0.15, -0.1) is 0 Å². The van der Waals surface area contributed by atoms with Crippen LogP contribution in [0.1, 0.15) is 25.8 Å². The topological polar surface area (TPSA) is 41.9 Å². The van der Waals surface area contributed by atoms with E-state index in [0.29, 0.717) is 18.5 Å². The number of piperidine rings is 1. The average Bonchev–Trinajstić information content (AvgIpc) is 2.87. The second kappa shape index (κ2) is 4.06. The van der Waals surface area contributed by atoms with Gasteiger partial charge >= 0.3 is 0 Å². The largest absolute Gasteiger partial charge is 0.493 e. The highest BCUT2D eigenvalue weighted by Gasteiger charge is 2.64. The van der Waals surface area contributed by atoms with Crippen LogP contribution in [0, 0.1) is 5.92 Å². The van der Waals surface area contributed by atoms with Gasteiger partial charge in [-0.1, -0.05) is 18.2 Å². The number of aliphatic hydroxyl groups is 1. The summed E-state index contributed by atoms with van der Waals surface area (Å²) in [5.74, 6) is -0.569. The molecule has 4 aliphatic rings. The number of likely N-dealkylation sites (tertiary alicyclic amines) is 1. The summed E-state index contributed by atoms with van der Waals surface area (Å²) in [6, 6.07) is -1.33. The Morgan fingerprint density at radius 2 is 2.41 bits per heavy atom. The van der Waals surface area contributed by atoms with E-state index < -0.39 is 35.9 Å². The lowest BCUT2D eigenvalue weighted by atomic mass is 9.53. The number of ether oxygens (including phenoxy) is 2. The van der Waals surface area contributed by atoms with Gasteiger partial charge in [0.1, 0.15) is 12.2 Å². The summed E-state index contributed by atoms with van der Waals surface area (Å²) in [4.78, 5) is 1.86. The van der Waals surface area contributed by atoms with Crippen LogP contribution >= 0.6 is 0 Å². The van der Waals surface area contributed by atoms with Gasteiger partial charge in [-0.25, -0.2) is 0 Å². The van der Waals surface area contributed by atoms with Gasteiger partial charge in [-0.05, 0) is 38.0 Å². The Kier molecular flexibility index (Phi) is 1.54.